The van der Waals surface area contributed by atoms with Gasteiger partial charge in [0.2, 0.25) is 0 Å². The van der Waals surface area contributed by atoms with E-state index in [9.17, 15) is 4.79 Å². The number of carboxylic acid groups (broad SMARTS) is 1. The summed E-state index contributed by atoms with van der Waals surface area (Å²) >= 11 is 0. The molecule has 3 heteroatoms. The molecule has 1 unspecified atom stereocenters. The van der Waals surface area contributed by atoms with Gasteiger partial charge in [-0.25, -0.2) is 0 Å². The van der Waals surface area contributed by atoms with Crippen molar-refractivity contribution in [1.82, 2.24) is 4.90 Å². The molecule has 0 radical (unpaired) electrons. The molecule has 1 aromatic rings. The lowest BCUT2D eigenvalue weighted by atomic mass is 10.0. The predicted octanol–water partition coefficient (Wildman–Crippen LogP) is 2.99. The molecule has 1 aromatic carbocycles. The Balaban J connectivity index is 2.79. The maximum atomic E-state index is 10.8. The third-order valence-corrected chi connectivity index (χ3v) is 3.38. The zero-order chi connectivity index (χ0) is 13.7. The Bertz CT molecular complexity index is 415. The second-order valence-electron chi connectivity index (χ2n) is 4.94. The monoisotopic (exact) mass is 249 g/mol. The summed E-state index contributed by atoms with van der Waals surface area (Å²) in [7, 11) is 0. The van der Waals surface area contributed by atoms with Gasteiger partial charge in [-0.2, -0.15) is 0 Å². The van der Waals surface area contributed by atoms with Crippen LogP contribution >= 0.6 is 0 Å². The molecule has 0 aromatic heterocycles. The molecule has 0 spiro atoms. The summed E-state index contributed by atoms with van der Waals surface area (Å²) in [6.07, 6.45) is 0.193. The van der Waals surface area contributed by atoms with E-state index < -0.39 is 5.97 Å². The molecule has 0 heterocycles. The standard InChI is InChI=1S/C15H23NO2/c1-5-16(13(4)9-15(17)18)10-14-8-11(2)6-7-12(14)3/h6-8,13H,5,9-10H2,1-4H3,(H,17,18). The van der Waals surface area contributed by atoms with Crippen molar-refractivity contribution in [3.8, 4) is 0 Å². The second-order valence-corrected chi connectivity index (χ2v) is 4.94. The average Bonchev–Trinajstić information content (AvgIpc) is 2.29. The van der Waals surface area contributed by atoms with Gasteiger partial charge in [-0.15, -0.1) is 0 Å². The Morgan fingerprint density at radius 2 is 2.06 bits per heavy atom. The SMILES string of the molecule is CCN(Cc1cc(C)ccc1C)C(C)CC(=O)O. The average molecular weight is 249 g/mol. The summed E-state index contributed by atoms with van der Waals surface area (Å²) in [6, 6.07) is 6.48. The minimum atomic E-state index is -0.734. The number of carboxylic acids is 1. The van der Waals surface area contributed by atoms with Crippen molar-refractivity contribution >= 4 is 5.97 Å². The van der Waals surface area contributed by atoms with Gasteiger partial charge in [0, 0.05) is 12.6 Å². The van der Waals surface area contributed by atoms with Crippen LogP contribution in [0.25, 0.3) is 0 Å². The number of hydrogen-bond acceptors (Lipinski definition) is 2. The maximum absolute atomic E-state index is 10.8. The molecule has 0 aliphatic carbocycles. The number of benzene rings is 1. The Hall–Kier alpha value is -1.35. The molecular weight excluding hydrogens is 226 g/mol. The van der Waals surface area contributed by atoms with Gasteiger partial charge in [0.1, 0.15) is 0 Å². The van der Waals surface area contributed by atoms with E-state index in [1.165, 1.54) is 16.7 Å². The van der Waals surface area contributed by atoms with E-state index in [1.54, 1.807) is 0 Å². The highest BCUT2D eigenvalue weighted by Crippen LogP contribution is 2.15. The second kappa shape index (κ2) is 6.55. The van der Waals surface area contributed by atoms with Crippen LogP contribution in [0.5, 0.6) is 0 Å². The van der Waals surface area contributed by atoms with E-state index in [0.29, 0.717) is 0 Å². The van der Waals surface area contributed by atoms with Crippen molar-refractivity contribution in [2.24, 2.45) is 0 Å². The number of hydrogen-bond donors (Lipinski definition) is 1. The zero-order valence-electron chi connectivity index (χ0n) is 11.7. The molecule has 0 aliphatic rings. The molecule has 0 fully saturated rings. The van der Waals surface area contributed by atoms with E-state index >= 15 is 0 Å². The molecular formula is C15H23NO2. The minimum Gasteiger partial charge on any atom is -0.481 e. The van der Waals surface area contributed by atoms with Gasteiger partial charge >= 0.3 is 5.97 Å². The number of carbonyl (C=O) groups is 1. The fraction of sp³-hybridized carbons (Fsp3) is 0.533. The lowest BCUT2D eigenvalue weighted by Crippen LogP contribution is -2.34. The van der Waals surface area contributed by atoms with Crippen LogP contribution in [0.1, 0.15) is 37.0 Å². The van der Waals surface area contributed by atoms with E-state index in [4.69, 9.17) is 5.11 Å². The number of rotatable bonds is 6. The number of nitrogens with zero attached hydrogens (tertiary/aromatic N) is 1. The molecule has 1 N–H and O–H groups in total. The summed E-state index contributed by atoms with van der Waals surface area (Å²) < 4.78 is 0. The zero-order valence-corrected chi connectivity index (χ0v) is 11.7. The molecule has 1 rings (SSSR count). The Labute approximate surface area is 109 Å². The van der Waals surface area contributed by atoms with Crippen LogP contribution in [0.2, 0.25) is 0 Å². The molecule has 0 aliphatic heterocycles. The first-order chi connectivity index (χ1) is 8.43. The smallest absolute Gasteiger partial charge is 0.304 e. The first-order valence-electron chi connectivity index (χ1n) is 6.46. The van der Waals surface area contributed by atoms with Crippen molar-refractivity contribution in [3.05, 3.63) is 34.9 Å². The van der Waals surface area contributed by atoms with Crippen LogP contribution in [0.3, 0.4) is 0 Å². The number of aryl methyl sites for hydroxylation is 2. The topological polar surface area (TPSA) is 40.5 Å². The third-order valence-electron chi connectivity index (χ3n) is 3.38. The van der Waals surface area contributed by atoms with Crippen molar-refractivity contribution in [3.63, 3.8) is 0 Å². The fourth-order valence-electron chi connectivity index (χ4n) is 2.15. The van der Waals surface area contributed by atoms with Crippen LogP contribution < -0.4 is 0 Å². The quantitative estimate of drug-likeness (QED) is 0.842. The Morgan fingerprint density at radius 3 is 2.61 bits per heavy atom. The third kappa shape index (κ3) is 4.15. The fourth-order valence-corrected chi connectivity index (χ4v) is 2.15. The van der Waals surface area contributed by atoms with Gasteiger partial charge in [-0.3, -0.25) is 9.69 Å². The van der Waals surface area contributed by atoms with E-state index in [2.05, 4.69) is 43.9 Å². The van der Waals surface area contributed by atoms with Crippen LogP contribution in [0, 0.1) is 13.8 Å². The maximum Gasteiger partial charge on any atom is 0.304 e. The molecule has 18 heavy (non-hydrogen) atoms. The van der Waals surface area contributed by atoms with Gasteiger partial charge < -0.3 is 5.11 Å². The van der Waals surface area contributed by atoms with Gasteiger partial charge in [0.05, 0.1) is 6.42 Å². The molecule has 0 amide bonds. The highest BCUT2D eigenvalue weighted by atomic mass is 16.4. The van der Waals surface area contributed by atoms with Gasteiger partial charge in [0.15, 0.2) is 0 Å². The van der Waals surface area contributed by atoms with Gasteiger partial charge in [0.25, 0.3) is 0 Å². The van der Waals surface area contributed by atoms with Crippen molar-refractivity contribution in [2.45, 2.75) is 46.7 Å². The van der Waals surface area contributed by atoms with E-state index in [1.807, 2.05) is 6.92 Å². The highest BCUT2D eigenvalue weighted by Gasteiger charge is 2.16. The van der Waals surface area contributed by atoms with Crippen molar-refractivity contribution in [2.75, 3.05) is 6.54 Å². The lowest BCUT2D eigenvalue weighted by molar-refractivity contribution is -0.138. The Morgan fingerprint density at radius 1 is 1.39 bits per heavy atom. The molecule has 0 bridgehead atoms. The normalized spacial score (nSPS) is 12.7. The molecule has 1 atom stereocenters. The van der Waals surface area contributed by atoms with Crippen LogP contribution in [-0.2, 0) is 11.3 Å². The molecule has 0 saturated heterocycles. The summed E-state index contributed by atoms with van der Waals surface area (Å²) in [5.74, 6) is -0.734. The minimum absolute atomic E-state index is 0.0624. The summed E-state index contributed by atoms with van der Waals surface area (Å²) in [6.45, 7) is 9.91. The summed E-state index contributed by atoms with van der Waals surface area (Å²) in [5, 5.41) is 8.87. The first kappa shape index (κ1) is 14.7. The molecule has 3 nitrogen and oxygen atoms in total. The highest BCUT2D eigenvalue weighted by molar-refractivity contribution is 5.67. The predicted molar refractivity (Wildman–Crippen MR) is 73.7 cm³/mol. The van der Waals surface area contributed by atoms with Crippen molar-refractivity contribution < 1.29 is 9.90 Å². The lowest BCUT2D eigenvalue weighted by Gasteiger charge is -2.27. The van der Waals surface area contributed by atoms with E-state index in [0.717, 1.165) is 13.1 Å². The van der Waals surface area contributed by atoms with Crippen LogP contribution in [0.4, 0.5) is 0 Å². The van der Waals surface area contributed by atoms with Crippen LogP contribution in [0.15, 0.2) is 18.2 Å². The summed E-state index contributed by atoms with van der Waals surface area (Å²) in [4.78, 5) is 13.0. The van der Waals surface area contributed by atoms with Crippen molar-refractivity contribution in [1.29, 1.82) is 0 Å². The first-order valence-corrected chi connectivity index (χ1v) is 6.46. The summed E-state index contributed by atoms with van der Waals surface area (Å²) in [5.41, 5.74) is 3.80. The van der Waals surface area contributed by atoms with Crippen LogP contribution in [-0.4, -0.2) is 28.6 Å². The van der Waals surface area contributed by atoms with Gasteiger partial charge in [-0.05, 0) is 38.4 Å². The van der Waals surface area contributed by atoms with Gasteiger partial charge in [-0.1, -0.05) is 30.7 Å². The Kier molecular flexibility index (Phi) is 5.35. The number of aliphatic carboxylic acids is 1. The molecule has 0 saturated carbocycles. The van der Waals surface area contributed by atoms with E-state index in [-0.39, 0.29) is 12.5 Å². The molecule has 100 valence electrons. The largest absolute Gasteiger partial charge is 0.481 e.